The van der Waals surface area contributed by atoms with Gasteiger partial charge in [-0.2, -0.15) is 0 Å². The van der Waals surface area contributed by atoms with E-state index >= 15 is 0 Å². The molecule has 1 saturated heterocycles. The average molecular weight is 537 g/mol. The molecule has 1 atom stereocenters. The van der Waals surface area contributed by atoms with Crippen molar-refractivity contribution in [2.24, 2.45) is 7.05 Å². The van der Waals surface area contributed by atoms with E-state index in [2.05, 4.69) is 4.90 Å². The van der Waals surface area contributed by atoms with Crippen LogP contribution in [0.5, 0.6) is 0 Å². The first-order chi connectivity index (χ1) is 19.4. The molecule has 7 heteroatoms. The average Bonchev–Trinajstić information content (AvgIpc) is 3.43. The van der Waals surface area contributed by atoms with Crippen molar-refractivity contribution in [3.05, 3.63) is 125 Å². The third kappa shape index (κ3) is 6.28. The minimum atomic E-state index is -0.195. The van der Waals surface area contributed by atoms with E-state index in [1.54, 1.807) is 34.9 Å². The first-order valence-corrected chi connectivity index (χ1v) is 13.4. The maximum atomic E-state index is 13.0. The number of nitrogens with zero attached hydrogens (tertiary/aromatic N) is 2. The van der Waals surface area contributed by atoms with Crippen molar-refractivity contribution in [1.82, 2.24) is 4.57 Å². The zero-order chi connectivity index (χ0) is 28.1. The molecule has 2 heterocycles. The number of anilines is 1. The number of aryl methyl sites for hydroxylation is 1. The maximum absolute atomic E-state index is 13.0. The second-order valence-electron chi connectivity index (χ2n) is 10.1. The van der Waals surface area contributed by atoms with Crippen molar-refractivity contribution >= 4 is 23.0 Å². The Hall–Kier alpha value is -4.33. The van der Waals surface area contributed by atoms with Crippen LogP contribution in [0.3, 0.4) is 0 Å². The van der Waals surface area contributed by atoms with Crippen LogP contribution in [0.4, 0.5) is 5.69 Å². The van der Waals surface area contributed by atoms with Crippen LogP contribution in [0.15, 0.2) is 91.1 Å². The highest BCUT2D eigenvalue weighted by atomic mass is 16.5. The first kappa shape index (κ1) is 27.2. The lowest BCUT2D eigenvalue weighted by Crippen LogP contribution is -2.44. The van der Waals surface area contributed by atoms with Crippen LogP contribution < -0.4 is 4.90 Å². The van der Waals surface area contributed by atoms with Crippen LogP contribution in [0.1, 0.15) is 47.9 Å². The SMILES string of the molecule is Cn1cccc1C(=O)Cc1ccc(C(=O)c2ccc(CC(=O)c3ccc(N4CCOC(CO)C4)cc3)cc2)cc1. The molecule has 1 aliphatic rings. The molecule has 0 radical (unpaired) electrons. The van der Waals surface area contributed by atoms with Gasteiger partial charge in [-0.15, -0.1) is 0 Å². The molecule has 1 unspecified atom stereocenters. The van der Waals surface area contributed by atoms with Crippen LogP contribution in [-0.2, 0) is 24.6 Å². The molecule has 5 rings (SSSR count). The third-order valence-electron chi connectivity index (χ3n) is 7.29. The zero-order valence-corrected chi connectivity index (χ0v) is 22.5. The largest absolute Gasteiger partial charge is 0.394 e. The monoisotopic (exact) mass is 536 g/mol. The quantitative estimate of drug-likeness (QED) is 0.304. The first-order valence-electron chi connectivity index (χ1n) is 13.4. The van der Waals surface area contributed by atoms with E-state index in [1.165, 1.54) is 0 Å². The summed E-state index contributed by atoms with van der Waals surface area (Å²) in [5, 5.41) is 9.36. The molecule has 4 aromatic rings. The highest BCUT2D eigenvalue weighted by molar-refractivity contribution is 6.09. The van der Waals surface area contributed by atoms with Gasteiger partial charge >= 0.3 is 0 Å². The summed E-state index contributed by atoms with van der Waals surface area (Å²) in [7, 11) is 1.84. The summed E-state index contributed by atoms with van der Waals surface area (Å²) in [6.45, 7) is 1.91. The van der Waals surface area contributed by atoms with Crippen molar-refractivity contribution in [2.75, 3.05) is 31.2 Å². The Morgan fingerprint density at radius 1 is 0.800 bits per heavy atom. The predicted molar refractivity (Wildman–Crippen MR) is 153 cm³/mol. The summed E-state index contributed by atoms with van der Waals surface area (Å²) < 4.78 is 7.31. The van der Waals surface area contributed by atoms with Crippen LogP contribution in [0.25, 0.3) is 0 Å². The van der Waals surface area contributed by atoms with Gasteiger partial charge in [0.05, 0.1) is 25.0 Å². The lowest BCUT2D eigenvalue weighted by Gasteiger charge is -2.33. The molecule has 0 aliphatic carbocycles. The molecule has 1 fully saturated rings. The van der Waals surface area contributed by atoms with Crippen molar-refractivity contribution in [3.8, 4) is 0 Å². The number of aliphatic hydroxyl groups is 1. The summed E-state index contributed by atoms with van der Waals surface area (Å²) in [6.07, 6.45) is 2.16. The fraction of sp³-hybridized carbons (Fsp3) is 0.242. The lowest BCUT2D eigenvalue weighted by molar-refractivity contribution is 0.00357. The van der Waals surface area contributed by atoms with Crippen molar-refractivity contribution < 1.29 is 24.2 Å². The predicted octanol–water partition coefficient (Wildman–Crippen LogP) is 4.30. The smallest absolute Gasteiger partial charge is 0.193 e. The summed E-state index contributed by atoms with van der Waals surface area (Å²) >= 11 is 0. The molecule has 204 valence electrons. The van der Waals surface area contributed by atoms with Gasteiger partial charge in [-0.3, -0.25) is 14.4 Å². The second-order valence-corrected chi connectivity index (χ2v) is 10.1. The number of Topliss-reactive ketones (excluding diaryl/α,β-unsaturated/α-hetero) is 2. The van der Waals surface area contributed by atoms with E-state index in [1.807, 2.05) is 67.8 Å². The molecule has 0 bridgehead atoms. The summed E-state index contributed by atoms with van der Waals surface area (Å²) in [6, 6.07) is 25.4. The topological polar surface area (TPSA) is 88.8 Å². The minimum Gasteiger partial charge on any atom is -0.394 e. The summed E-state index contributed by atoms with van der Waals surface area (Å²) in [5.74, 6) is -0.0809. The number of benzene rings is 3. The van der Waals surface area contributed by atoms with Crippen LogP contribution in [0, 0.1) is 0 Å². The lowest BCUT2D eigenvalue weighted by atomic mass is 9.97. The minimum absolute atomic E-state index is 0.00122. The molecule has 3 aromatic carbocycles. The Bertz CT molecular complexity index is 1490. The normalized spacial score (nSPS) is 15.2. The number of carbonyl (C=O) groups excluding carboxylic acids is 3. The highest BCUT2D eigenvalue weighted by Crippen LogP contribution is 2.20. The Morgan fingerprint density at radius 2 is 1.38 bits per heavy atom. The number of hydrogen-bond acceptors (Lipinski definition) is 6. The number of morpholine rings is 1. The number of hydrogen-bond donors (Lipinski definition) is 1. The number of aliphatic hydroxyl groups excluding tert-OH is 1. The third-order valence-corrected chi connectivity index (χ3v) is 7.29. The molecule has 1 aliphatic heterocycles. The van der Waals surface area contributed by atoms with Crippen molar-refractivity contribution in [1.29, 1.82) is 0 Å². The van der Waals surface area contributed by atoms with Crippen LogP contribution in [-0.4, -0.2) is 59.4 Å². The Labute approximate surface area is 233 Å². The van der Waals surface area contributed by atoms with Crippen molar-refractivity contribution in [2.45, 2.75) is 18.9 Å². The fourth-order valence-electron chi connectivity index (χ4n) is 4.95. The molecule has 40 heavy (non-hydrogen) atoms. The molecular formula is C33H32N2O5. The van der Waals surface area contributed by atoms with E-state index in [0.717, 1.165) is 23.4 Å². The van der Waals surface area contributed by atoms with Gasteiger partial charge in [0.25, 0.3) is 0 Å². The number of ketones is 3. The van der Waals surface area contributed by atoms with Gasteiger partial charge < -0.3 is 19.3 Å². The zero-order valence-electron chi connectivity index (χ0n) is 22.5. The fourth-order valence-corrected chi connectivity index (χ4v) is 4.95. The van der Waals surface area contributed by atoms with Crippen LogP contribution >= 0.6 is 0 Å². The molecule has 0 spiro atoms. The molecule has 0 amide bonds. The molecule has 1 aromatic heterocycles. The summed E-state index contributed by atoms with van der Waals surface area (Å²) in [4.78, 5) is 40.5. The molecule has 0 saturated carbocycles. The highest BCUT2D eigenvalue weighted by Gasteiger charge is 2.20. The molecular weight excluding hydrogens is 504 g/mol. The van der Waals surface area contributed by atoms with E-state index in [9.17, 15) is 19.5 Å². The van der Waals surface area contributed by atoms with Gasteiger partial charge in [-0.1, -0.05) is 48.5 Å². The number of aromatic nitrogens is 1. The maximum Gasteiger partial charge on any atom is 0.193 e. The second kappa shape index (κ2) is 12.2. The van der Waals surface area contributed by atoms with Gasteiger partial charge in [0.1, 0.15) is 0 Å². The Balaban J connectivity index is 1.17. The molecule has 1 N–H and O–H groups in total. The van der Waals surface area contributed by atoms with Crippen molar-refractivity contribution in [3.63, 3.8) is 0 Å². The van der Waals surface area contributed by atoms with Gasteiger partial charge in [0.15, 0.2) is 17.3 Å². The number of ether oxygens (including phenoxy) is 1. The number of carbonyl (C=O) groups is 3. The van der Waals surface area contributed by atoms with Gasteiger partial charge in [-0.05, 0) is 47.5 Å². The van der Waals surface area contributed by atoms with E-state index in [4.69, 9.17) is 4.74 Å². The van der Waals surface area contributed by atoms with E-state index in [-0.39, 0.29) is 42.9 Å². The molecule has 7 nitrogen and oxygen atoms in total. The Morgan fingerprint density at radius 3 is 1.93 bits per heavy atom. The van der Waals surface area contributed by atoms with Gasteiger partial charge in [0.2, 0.25) is 0 Å². The Kier molecular flexibility index (Phi) is 8.34. The standard InChI is InChI=1S/C33H32N2O5/c1-34-16-2-3-30(34)32(38)20-24-6-10-27(11-7-24)33(39)26-8-4-23(5-9-26)19-31(37)25-12-14-28(15-13-25)35-17-18-40-29(21-35)22-36/h2-16,29,36H,17-22H2,1H3. The van der Waals surface area contributed by atoms with Crippen LogP contribution in [0.2, 0.25) is 0 Å². The van der Waals surface area contributed by atoms with E-state index < -0.39 is 0 Å². The summed E-state index contributed by atoms with van der Waals surface area (Å²) in [5.41, 5.74) is 5.05. The number of rotatable bonds is 10. The van der Waals surface area contributed by atoms with E-state index in [0.29, 0.717) is 35.5 Å². The van der Waals surface area contributed by atoms with Gasteiger partial charge in [0, 0.05) is 61.6 Å². The van der Waals surface area contributed by atoms with Gasteiger partial charge in [-0.25, -0.2) is 0 Å².